The van der Waals surface area contributed by atoms with Crippen molar-refractivity contribution in [1.29, 1.82) is 0 Å². The van der Waals surface area contributed by atoms with Crippen molar-refractivity contribution < 1.29 is 18.7 Å². The number of carbonyl (C=O) groups is 2. The molecule has 0 fully saturated rings. The van der Waals surface area contributed by atoms with Gasteiger partial charge in [-0.25, -0.2) is 4.39 Å². The van der Waals surface area contributed by atoms with Gasteiger partial charge < -0.3 is 10.1 Å². The highest BCUT2D eigenvalue weighted by Crippen LogP contribution is 2.37. The van der Waals surface area contributed by atoms with Gasteiger partial charge in [0.25, 0.3) is 0 Å². The zero-order valence-electron chi connectivity index (χ0n) is 15.0. The van der Waals surface area contributed by atoms with E-state index in [0.717, 1.165) is 12.5 Å². The number of amides is 1. The molecular formula is C18H25ClFNO3S. The molecule has 0 aliphatic rings. The Morgan fingerprint density at radius 1 is 1.28 bits per heavy atom. The van der Waals surface area contributed by atoms with Gasteiger partial charge in [0.2, 0.25) is 5.91 Å². The van der Waals surface area contributed by atoms with Gasteiger partial charge in [-0.05, 0) is 30.9 Å². The number of rotatable bonds is 9. The number of ether oxygens (including phenoxy) is 1. The van der Waals surface area contributed by atoms with E-state index >= 15 is 0 Å². The summed E-state index contributed by atoms with van der Waals surface area (Å²) in [5.41, 5.74) is 0.0646. The summed E-state index contributed by atoms with van der Waals surface area (Å²) in [6.07, 6.45) is 1.72. The number of esters is 1. The largest absolute Gasteiger partial charge is 0.465 e. The summed E-state index contributed by atoms with van der Waals surface area (Å²) >= 11 is 7.35. The maximum absolute atomic E-state index is 14.1. The van der Waals surface area contributed by atoms with Gasteiger partial charge in [0.05, 0.1) is 17.3 Å². The van der Waals surface area contributed by atoms with E-state index in [1.54, 1.807) is 0 Å². The second-order valence-electron chi connectivity index (χ2n) is 6.01. The molecule has 0 aliphatic carbocycles. The fraction of sp³-hybridized carbons (Fsp3) is 0.556. The average Bonchev–Trinajstić information content (AvgIpc) is 2.53. The minimum atomic E-state index is -0.603. The van der Waals surface area contributed by atoms with Crippen LogP contribution < -0.4 is 5.32 Å². The normalized spacial score (nSPS) is 12.1. The molecule has 1 aromatic rings. The van der Waals surface area contributed by atoms with Gasteiger partial charge in [-0.15, -0.1) is 11.8 Å². The SMILES string of the molecule is CCCOC(=O)C(Sc1cc(NC(=O)CCC)c(F)cc1Cl)C(C)C. The standard InChI is InChI=1S/C18H25ClFNO3S/c1-5-7-16(22)21-14-10-15(12(19)9-13(14)20)25-17(11(3)4)18(23)24-8-6-2/h9-11,17H,5-8H2,1-4H3,(H,21,22). The maximum Gasteiger partial charge on any atom is 0.319 e. The van der Waals surface area contributed by atoms with Crippen LogP contribution in [0.2, 0.25) is 5.02 Å². The minimum Gasteiger partial charge on any atom is -0.465 e. The van der Waals surface area contributed by atoms with Crippen LogP contribution in [0.4, 0.5) is 10.1 Å². The van der Waals surface area contributed by atoms with Crippen molar-refractivity contribution >= 4 is 40.9 Å². The molecule has 0 heterocycles. The summed E-state index contributed by atoms with van der Waals surface area (Å²) in [6, 6.07) is 2.62. The molecule has 0 bridgehead atoms. The van der Waals surface area contributed by atoms with Gasteiger partial charge in [0, 0.05) is 11.3 Å². The molecule has 0 radical (unpaired) electrons. The first kappa shape index (κ1) is 21.8. The monoisotopic (exact) mass is 389 g/mol. The van der Waals surface area contributed by atoms with E-state index in [1.165, 1.54) is 17.8 Å². The van der Waals surface area contributed by atoms with E-state index in [2.05, 4.69) is 5.32 Å². The first-order valence-electron chi connectivity index (χ1n) is 8.42. The summed E-state index contributed by atoms with van der Waals surface area (Å²) < 4.78 is 19.3. The first-order chi connectivity index (χ1) is 11.8. The molecular weight excluding hydrogens is 365 g/mol. The minimum absolute atomic E-state index is 0.00797. The highest BCUT2D eigenvalue weighted by Gasteiger charge is 2.26. The van der Waals surface area contributed by atoms with Gasteiger partial charge in [-0.1, -0.05) is 39.3 Å². The van der Waals surface area contributed by atoms with Gasteiger partial charge in [-0.2, -0.15) is 0 Å². The van der Waals surface area contributed by atoms with Gasteiger partial charge in [0.1, 0.15) is 11.1 Å². The fourth-order valence-corrected chi connectivity index (χ4v) is 3.38. The predicted molar refractivity (Wildman–Crippen MR) is 101 cm³/mol. The quantitative estimate of drug-likeness (QED) is 0.460. The lowest BCUT2D eigenvalue weighted by Gasteiger charge is -2.20. The summed E-state index contributed by atoms with van der Waals surface area (Å²) in [6.45, 7) is 7.97. The molecule has 1 amide bonds. The van der Waals surface area contributed by atoms with E-state index in [4.69, 9.17) is 16.3 Å². The number of carbonyl (C=O) groups excluding carboxylic acids is 2. The van der Waals surface area contributed by atoms with Crippen LogP contribution in [0.5, 0.6) is 0 Å². The van der Waals surface area contributed by atoms with Crippen molar-refractivity contribution in [2.75, 3.05) is 11.9 Å². The molecule has 0 aliphatic heterocycles. The van der Waals surface area contributed by atoms with Crippen LogP contribution >= 0.6 is 23.4 Å². The van der Waals surface area contributed by atoms with Gasteiger partial charge in [-0.3, -0.25) is 9.59 Å². The van der Waals surface area contributed by atoms with Crippen molar-refractivity contribution in [3.05, 3.63) is 23.0 Å². The number of thioether (sulfide) groups is 1. The highest BCUT2D eigenvalue weighted by atomic mass is 35.5. The van der Waals surface area contributed by atoms with Crippen molar-refractivity contribution in [2.24, 2.45) is 5.92 Å². The predicted octanol–water partition coefficient (Wildman–Crippen LogP) is 5.29. The first-order valence-corrected chi connectivity index (χ1v) is 9.68. The molecule has 1 rings (SSSR count). The molecule has 0 saturated carbocycles. The Kier molecular flexibility index (Phi) is 9.28. The van der Waals surface area contributed by atoms with Crippen LogP contribution in [0.3, 0.4) is 0 Å². The topological polar surface area (TPSA) is 55.4 Å². The van der Waals surface area contributed by atoms with Crippen molar-refractivity contribution in [1.82, 2.24) is 0 Å². The molecule has 140 valence electrons. The van der Waals surface area contributed by atoms with Crippen LogP contribution in [0.15, 0.2) is 17.0 Å². The zero-order valence-corrected chi connectivity index (χ0v) is 16.6. The number of halogens is 2. The third kappa shape index (κ3) is 6.86. The van der Waals surface area contributed by atoms with Crippen LogP contribution in [0, 0.1) is 11.7 Å². The second-order valence-corrected chi connectivity index (χ2v) is 7.60. The Bertz CT molecular complexity index is 610. The summed E-state index contributed by atoms with van der Waals surface area (Å²) in [5, 5.41) is 2.28. The van der Waals surface area contributed by atoms with E-state index in [0.29, 0.717) is 24.3 Å². The van der Waals surface area contributed by atoms with Crippen molar-refractivity contribution in [3.8, 4) is 0 Å². The van der Waals surface area contributed by atoms with Gasteiger partial charge >= 0.3 is 5.97 Å². The lowest BCUT2D eigenvalue weighted by atomic mass is 10.1. The van der Waals surface area contributed by atoms with E-state index in [1.807, 2.05) is 27.7 Å². The van der Waals surface area contributed by atoms with Crippen molar-refractivity contribution in [3.63, 3.8) is 0 Å². The van der Waals surface area contributed by atoms with Crippen molar-refractivity contribution in [2.45, 2.75) is 57.1 Å². The second kappa shape index (κ2) is 10.7. The smallest absolute Gasteiger partial charge is 0.319 e. The third-order valence-electron chi connectivity index (χ3n) is 3.31. The van der Waals surface area contributed by atoms with Crippen LogP contribution in [-0.4, -0.2) is 23.7 Å². The number of hydrogen-bond acceptors (Lipinski definition) is 4. The van der Waals surface area contributed by atoms with Crippen LogP contribution in [0.25, 0.3) is 0 Å². The lowest BCUT2D eigenvalue weighted by Crippen LogP contribution is -2.26. The summed E-state index contributed by atoms with van der Waals surface area (Å²) in [7, 11) is 0. The molecule has 0 aromatic heterocycles. The van der Waals surface area contributed by atoms with Crippen LogP contribution in [-0.2, 0) is 14.3 Å². The van der Waals surface area contributed by atoms with E-state index in [-0.39, 0.29) is 28.5 Å². The number of anilines is 1. The summed E-state index contributed by atoms with van der Waals surface area (Å²) in [4.78, 5) is 24.5. The Morgan fingerprint density at radius 2 is 1.96 bits per heavy atom. The Morgan fingerprint density at radius 3 is 2.52 bits per heavy atom. The Labute approximate surface area is 157 Å². The highest BCUT2D eigenvalue weighted by molar-refractivity contribution is 8.00. The average molecular weight is 390 g/mol. The van der Waals surface area contributed by atoms with E-state index < -0.39 is 11.1 Å². The molecule has 25 heavy (non-hydrogen) atoms. The van der Waals surface area contributed by atoms with E-state index in [9.17, 15) is 14.0 Å². The van der Waals surface area contributed by atoms with Crippen LogP contribution in [0.1, 0.15) is 47.0 Å². The zero-order chi connectivity index (χ0) is 19.0. The lowest BCUT2D eigenvalue weighted by molar-refractivity contribution is -0.143. The molecule has 4 nitrogen and oxygen atoms in total. The molecule has 0 spiro atoms. The number of hydrogen-bond donors (Lipinski definition) is 1. The molecule has 1 aromatic carbocycles. The molecule has 1 atom stereocenters. The Balaban J connectivity index is 3.01. The number of nitrogens with one attached hydrogen (secondary N) is 1. The molecule has 1 unspecified atom stereocenters. The number of benzene rings is 1. The molecule has 1 N–H and O–H groups in total. The fourth-order valence-electron chi connectivity index (χ4n) is 2.03. The third-order valence-corrected chi connectivity index (χ3v) is 5.32. The Hall–Kier alpha value is -1.27. The molecule has 0 saturated heterocycles. The molecule has 7 heteroatoms. The maximum atomic E-state index is 14.1. The van der Waals surface area contributed by atoms with Gasteiger partial charge in [0.15, 0.2) is 0 Å². The summed E-state index contributed by atoms with van der Waals surface area (Å²) in [5.74, 6) is -1.18.